The van der Waals surface area contributed by atoms with Crippen molar-refractivity contribution in [1.82, 2.24) is 19.8 Å². The van der Waals surface area contributed by atoms with Crippen molar-refractivity contribution < 1.29 is 14.3 Å². The largest absolute Gasteiger partial charge is 0.444 e. The molecule has 0 spiro atoms. The Kier molecular flexibility index (Phi) is 5.09. The van der Waals surface area contributed by atoms with Gasteiger partial charge < -0.3 is 14.5 Å². The molecule has 1 saturated heterocycles. The number of hydrogen-bond acceptors (Lipinski definition) is 5. The highest BCUT2D eigenvalue weighted by Gasteiger charge is 2.33. The summed E-state index contributed by atoms with van der Waals surface area (Å²) in [5.41, 5.74) is -0.296. The maximum Gasteiger partial charge on any atom is 0.410 e. The van der Waals surface area contributed by atoms with Crippen LogP contribution < -0.4 is 0 Å². The molecule has 2 rings (SSSR count). The maximum atomic E-state index is 12.4. The second kappa shape index (κ2) is 6.70. The molecule has 2 heterocycles. The van der Waals surface area contributed by atoms with Crippen LogP contribution in [-0.2, 0) is 4.74 Å². The highest BCUT2D eigenvalue weighted by molar-refractivity contribution is 6.29. The lowest BCUT2D eigenvalue weighted by Crippen LogP contribution is -2.56. The minimum atomic E-state index is -0.539. The lowest BCUT2D eigenvalue weighted by Gasteiger charge is -2.40. The van der Waals surface area contributed by atoms with E-state index in [1.54, 1.807) is 9.80 Å². The van der Waals surface area contributed by atoms with Crippen molar-refractivity contribution in [1.29, 1.82) is 0 Å². The Morgan fingerprint density at radius 2 is 1.96 bits per heavy atom. The molecule has 2 amide bonds. The summed E-state index contributed by atoms with van der Waals surface area (Å²) < 4.78 is 5.39. The third kappa shape index (κ3) is 4.54. The molecule has 1 aliphatic rings. The van der Waals surface area contributed by atoms with Crippen molar-refractivity contribution in [3.8, 4) is 0 Å². The lowest BCUT2D eigenvalue weighted by atomic mass is 10.2. The molecule has 0 radical (unpaired) electrons. The molecule has 0 N–H and O–H groups in total. The number of nitrogens with zero attached hydrogens (tertiary/aromatic N) is 4. The van der Waals surface area contributed by atoms with Crippen LogP contribution in [0.5, 0.6) is 0 Å². The lowest BCUT2D eigenvalue weighted by molar-refractivity contribution is 0.00189. The van der Waals surface area contributed by atoms with E-state index in [1.165, 1.54) is 12.4 Å². The van der Waals surface area contributed by atoms with Crippen molar-refractivity contribution in [3.63, 3.8) is 0 Å². The van der Waals surface area contributed by atoms with Crippen LogP contribution in [0, 0.1) is 0 Å². The van der Waals surface area contributed by atoms with Crippen LogP contribution in [0.1, 0.15) is 38.2 Å². The molecule has 1 atom stereocenters. The van der Waals surface area contributed by atoms with Crippen molar-refractivity contribution >= 4 is 23.6 Å². The smallest absolute Gasteiger partial charge is 0.410 e. The SMILES string of the molecule is C[C@H]1CN(C(=O)c2cnc(Cl)cn2)CCN1C(=O)OC(C)(C)C. The van der Waals surface area contributed by atoms with Gasteiger partial charge in [-0.25, -0.2) is 14.8 Å². The Bertz CT molecular complexity index is 585. The monoisotopic (exact) mass is 340 g/mol. The first-order chi connectivity index (χ1) is 10.7. The molecule has 0 aliphatic carbocycles. The van der Waals surface area contributed by atoms with Crippen LogP contribution >= 0.6 is 11.6 Å². The van der Waals surface area contributed by atoms with Crippen LogP contribution in [0.4, 0.5) is 4.79 Å². The predicted octanol–water partition coefficient (Wildman–Crippen LogP) is 2.21. The fourth-order valence-corrected chi connectivity index (χ4v) is 2.42. The van der Waals surface area contributed by atoms with E-state index in [1.807, 2.05) is 27.7 Å². The fraction of sp³-hybridized carbons (Fsp3) is 0.600. The number of rotatable bonds is 1. The number of carbonyl (C=O) groups is 2. The maximum absolute atomic E-state index is 12.4. The molecule has 7 nitrogen and oxygen atoms in total. The molecule has 1 aromatic heterocycles. The molecule has 0 saturated carbocycles. The van der Waals surface area contributed by atoms with Crippen LogP contribution in [0.25, 0.3) is 0 Å². The van der Waals surface area contributed by atoms with Gasteiger partial charge in [0.1, 0.15) is 16.4 Å². The molecular weight excluding hydrogens is 320 g/mol. The average Bonchev–Trinajstić information content (AvgIpc) is 2.45. The Morgan fingerprint density at radius 3 is 2.48 bits per heavy atom. The molecule has 0 unspecified atom stereocenters. The van der Waals surface area contributed by atoms with Crippen LogP contribution in [0.15, 0.2) is 12.4 Å². The zero-order valence-electron chi connectivity index (χ0n) is 13.7. The number of ether oxygens (including phenoxy) is 1. The van der Waals surface area contributed by atoms with Gasteiger partial charge in [0, 0.05) is 25.7 Å². The average molecular weight is 341 g/mol. The third-order valence-corrected chi connectivity index (χ3v) is 3.58. The van der Waals surface area contributed by atoms with E-state index in [4.69, 9.17) is 16.3 Å². The molecule has 1 aliphatic heterocycles. The summed E-state index contributed by atoms with van der Waals surface area (Å²) in [4.78, 5) is 35.7. The highest BCUT2D eigenvalue weighted by Crippen LogP contribution is 2.17. The van der Waals surface area contributed by atoms with Gasteiger partial charge in [-0.1, -0.05) is 11.6 Å². The Morgan fingerprint density at radius 1 is 1.26 bits per heavy atom. The van der Waals surface area contributed by atoms with Gasteiger partial charge in [0.25, 0.3) is 5.91 Å². The summed E-state index contributed by atoms with van der Waals surface area (Å²) in [5, 5.41) is 0.240. The summed E-state index contributed by atoms with van der Waals surface area (Å²) in [7, 11) is 0. The van der Waals surface area contributed by atoms with E-state index in [0.29, 0.717) is 19.6 Å². The standard InChI is InChI=1S/C15H21ClN4O3/c1-10-9-19(13(21)11-7-18-12(16)8-17-11)5-6-20(10)14(22)23-15(2,3)4/h7-8,10H,5-6,9H2,1-4H3/t10-/m0/s1. The second-order valence-electron chi connectivity index (χ2n) is 6.50. The molecule has 23 heavy (non-hydrogen) atoms. The molecule has 0 aromatic carbocycles. The fourth-order valence-electron chi connectivity index (χ4n) is 2.32. The predicted molar refractivity (Wildman–Crippen MR) is 85.3 cm³/mol. The summed E-state index contributed by atoms with van der Waals surface area (Å²) >= 11 is 5.68. The number of halogens is 1. The van der Waals surface area contributed by atoms with E-state index in [2.05, 4.69) is 9.97 Å². The van der Waals surface area contributed by atoms with Gasteiger partial charge in [-0.05, 0) is 27.7 Å². The van der Waals surface area contributed by atoms with Gasteiger partial charge >= 0.3 is 6.09 Å². The molecule has 0 bridgehead atoms. The minimum Gasteiger partial charge on any atom is -0.444 e. The van der Waals surface area contributed by atoms with E-state index >= 15 is 0 Å². The van der Waals surface area contributed by atoms with Crippen LogP contribution in [0.3, 0.4) is 0 Å². The van der Waals surface area contributed by atoms with Crippen molar-refractivity contribution in [3.05, 3.63) is 23.2 Å². The quantitative estimate of drug-likeness (QED) is 0.783. The highest BCUT2D eigenvalue weighted by atomic mass is 35.5. The Labute approximate surface area is 140 Å². The van der Waals surface area contributed by atoms with Gasteiger partial charge in [0.15, 0.2) is 0 Å². The number of carbonyl (C=O) groups excluding carboxylic acids is 2. The Balaban J connectivity index is 1.99. The molecule has 1 fully saturated rings. The number of amides is 2. The number of piperazine rings is 1. The van der Waals surface area contributed by atoms with Gasteiger partial charge in [-0.3, -0.25) is 4.79 Å². The van der Waals surface area contributed by atoms with Crippen LogP contribution in [-0.4, -0.2) is 63.0 Å². The van der Waals surface area contributed by atoms with E-state index in [9.17, 15) is 9.59 Å². The topological polar surface area (TPSA) is 75.6 Å². The van der Waals surface area contributed by atoms with Crippen LogP contribution in [0.2, 0.25) is 5.15 Å². The normalized spacial score (nSPS) is 18.7. The van der Waals surface area contributed by atoms with E-state index in [0.717, 1.165) is 0 Å². The van der Waals surface area contributed by atoms with E-state index < -0.39 is 5.60 Å². The summed E-state index contributed by atoms with van der Waals surface area (Å²) in [5.74, 6) is -0.218. The van der Waals surface area contributed by atoms with Gasteiger partial charge in [-0.2, -0.15) is 0 Å². The first-order valence-corrected chi connectivity index (χ1v) is 7.81. The zero-order valence-corrected chi connectivity index (χ0v) is 14.5. The molecule has 126 valence electrons. The summed E-state index contributed by atoms with van der Waals surface area (Å²) in [6.45, 7) is 8.63. The molecule has 1 aromatic rings. The second-order valence-corrected chi connectivity index (χ2v) is 6.89. The van der Waals surface area contributed by atoms with E-state index in [-0.39, 0.29) is 28.9 Å². The van der Waals surface area contributed by atoms with Gasteiger partial charge in [-0.15, -0.1) is 0 Å². The van der Waals surface area contributed by atoms with Gasteiger partial charge in [0.2, 0.25) is 0 Å². The third-order valence-electron chi connectivity index (χ3n) is 3.38. The Hall–Kier alpha value is -1.89. The first-order valence-electron chi connectivity index (χ1n) is 7.44. The first kappa shape index (κ1) is 17.5. The van der Waals surface area contributed by atoms with Crippen molar-refractivity contribution in [2.75, 3.05) is 19.6 Å². The zero-order chi connectivity index (χ0) is 17.2. The molecular formula is C15H21ClN4O3. The van der Waals surface area contributed by atoms with Crippen molar-refractivity contribution in [2.24, 2.45) is 0 Å². The molecule has 8 heteroatoms. The summed E-state index contributed by atoms with van der Waals surface area (Å²) in [6, 6.07) is -0.136. The minimum absolute atomic E-state index is 0.136. The van der Waals surface area contributed by atoms with Crippen molar-refractivity contribution in [2.45, 2.75) is 39.3 Å². The number of hydrogen-bond donors (Lipinski definition) is 0. The van der Waals surface area contributed by atoms with Gasteiger partial charge in [0.05, 0.1) is 12.4 Å². The summed E-state index contributed by atoms with van der Waals surface area (Å²) in [6.07, 6.45) is 2.34. The number of aromatic nitrogens is 2.